The first kappa shape index (κ1) is 20.8. The van der Waals surface area contributed by atoms with Gasteiger partial charge in [0.25, 0.3) is 11.7 Å². The van der Waals surface area contributed by atoms with Gasteiger partial charge in [-0.25, -0.2) is 0 Å². The maximum absolute atomic E-state index is 13.0. The zero-order valence-corrected chi connectivity index (χ0v) is 17.6. The highest BCUT2D eigenvalue weighted by molar-refractivity contribution is 6.46. The first-order valence-corrected chi connectivity index (χ1v) is 10.4. The molecule has 1 aliphatic heterocycles. The summed E-state index contributed by atoms with van der Waals surface area (Å²) in [6, 6.07) is 22.0. The van der Waals surface area contributed by atoms with Crippen LogP contribution in [0.4, 0.5) is 0 Å². The van der Waals surface area contributed by atoms with Crippen molar-refractivity contribution in [2.75, 3.05) is 13.2 Å². The monoisotopic (exact) mass is 415 g/mol. The van der Waals surface area contributed by atoms with Gasteiger partial charge in [0.1, 0.15) is 5.76 Å². The fourth-order valence-corrected chi connectivity index (χ4v) is 3.97. The molecule has 5 nitrogen and oxygen atoms in total. The van der Waals surface area contributed by atoms with Gasteiger partial charge in [-0.15, -0.1) is 0 Å². The lowest BCUT2D eigenvalue weighted by atomic mass is 9.94. The van der Waals surface area contributed by atoms with Gasteiger partial charge in [0.05, 0.1) is 24.3 Å². The number of carbonyl (C=O) groups excluding carboxylic acids is 2. The van der Waals surface area contributed by atoms with Gasteiger partial charge in [-0.3, -0.25) is 9.59 Å². The van der Waals surface area contributed by atoms with Gasteiger partial charge in [-0.05, 0) is 36.2 Å². The summed E-state index contributed by atoms with van der Waals surface area (Å²) in [5, 5.41) is 13.2. The van der Waals surface area contributed by atoms with Crippen LogP contribution in [0.5, 0.6) is 0 Å². The van der Waals surface area contributed by atoms with E-state index in [1.165, 1.54) is 4.90 Å². The van der Waals surface area contributed by atoms with Crippen LogP contribution >= 0.6 is 0 Å². The molecule has 31 heavy (non-hydrogen) atoms. The largest absolute Gasteiger partial charge is 0.507 e. The molecule has 1 atom stereocenters. The first-order valence-electron chi connectivity index (χ1n) is 10.4. The number of aliphatic hydroxyl groups is 1. The molecule has 1 heterocycles. The number of hydrogen-bond donors (Lipinski definition) is 1. The summed E-state index contributed by atoms with van der Waals surface area (Å²) in [5.41, 5.74) is 1.39. The van der Waals surface area contributed by atoms with Crippen LogP contribution in [0.25, 0.3) is 16.5 Å². The Morgan fingerprint density at radius 2 is 1.65 bits per heavy atom. The molecule has 3 aromatic rings. The van der Waals surface area contributed by atoms with Crippen molar-refractivity contribution >= 4 is 28.2 Å². The molecule has 0 radical (unpaired) electrons. The van der Waals surface area contributed by atoms with Crippen LogP contribution in [0.3, 0.4) is 0 Å². The number of amides is 1. The van der Waals surface area contributed by atoms with Crippen LogP contribution in [0.15, 0.2) is 78.4 Å². The van der Waals surface area contributed by atoms with Crippen molar-refractivity contribution in [2.45, 2.75) is 26.0 Å². The predicted molar refractivity (Wildman–Crippen MR) is 120 cm³/mol. The van der Waals surface area contributed by atoms with Gasteiger partial charge in [0.2, 0.25) is 0 Å². The summed E-state index contributed by atoms with van der Waals surface area (Å²) in [4.78, 5) is 27.4. The van der Waals surface area contributed by atoms with Crippen molar-refractivity contribution < 1.29 is 19.4 Å². The molecule has 0 aliphatic carbocycles. The Labute approximate surface area is 181 Å². The minimum absolute atomic E-state index is 0.0181. The Kier molecular flexibility index (Phi) is 5.87. The zero-order valence-electron chi connectivity index (χ0n) is 17.6. The van der Waals surface area contributed by atoms with E-state index < -0.39 is 17.7 Å². The number of rotatable bonds is 6. The number of hydrogen-bond acceptors (Lipinski definition) is 4. The fraction of sp³-hybridized carbons (Fsp3) is 0.231. The average molecular weight is 415 g/mol. The zero-order chi connectivity index (χ0) is 22.0. The molecule has 1 saturated heterocycles. The normalized spacial score (nSPS) is 18.3. The summed E-state index contributed by atoms with van der Waals surface area (Å²) in [6.45, 7) is 4.41. The number of nitrogens with zero attached hydrogens (tertiary/aromatic N) is 1. The Balaban J connectivity index is 1.80. The molecular weight excluding hydrogens is 390 g/mol. The smallest absolute Gasteiger partial charge is 0.295 e. The fourth-order valence-electron chi connectivity index (χ4n) is 3.97. The number of ketones is 1. The molecule has 1 fully saturated rings. The molecular formula is C26H25NO4. The molecule has 4 rings (SSSR count). The molecule has 0 aromatic heterocycles. The molecule has 0 spiro atoms. The molecule has 1 N–H and O–H groups in total. The quantitative estimate of drug-likeness (QED) is 0.360. The van der Waals surface area contributed by atoms with E-state index in [0.29, 0.717) is 12.2 Å². The van der Waals surface area contributed by atoms with Gasteiger partial charge in [-0.2, -0.15) is 0 Å². The molecule has 0 saturated carbocycles. The van der Waals surface area contributed by atoms with Gasteiger partial charge in [-0.1, -0.05) is 66.7 Å². The lowest BCUT2D eigenvalue weighted by Gasteiger charge is -2.25. The van der Waals surface area contributed by atoms with Gasteiger partial charge in [0, 0.05) is 12.1 Å². The van der Waals surface area contributed by atoms with E-state index in [4.69, 9.17) is 4.74 Å². The third-order valence-electron chi connectivity index (χ3n) is 5.46. The van der Waals surface area contributed by atoms with E-state index in [2.05, 4.69) is 0 Å². The van der Waals surface area contributed by atoms with Crippen molar-refractivity contribution in [1.82, 2.24) is 4.90 Å². The van der Waals surface area contributed by atoms with E-state index in [1.807, 2.05) is 80.6 Å². The second-order valence-corrected chi connectivity index (χ2v) is 7.88. The average Bonchev–Trinajstić information content (AvgIpc) is 3.03. The minimum atomic E-state index is -0.677. The Hall–Kier alpha value is -3.44. The van der Waals surface area contributed by atoms with Crippen molar-refractivity contribution in [3.63, 3.8) is 0 Å². The lowest BCUT2D eigenvalue weighted by molar-refractivity contribution is -0.140. The number of benzene rings is 3. The lowest BCUT2D eigenvalue weighted by Crippen LogP contribution is -2.33. The Morgan fingerprint density at radius 1 is 0.968 bits per heavy atom. The number of fused-ring (bicyclic) bond motifs is 1. The SMILES string of the molecule is CC(C)OCCN1C(=O)C(=O)/C(=C(\O)c2ccc3ccccc3c2)C1c1ccccc1. The van der Waals surface area contributed by atoms with Crippen LogP contribution in [0.1, 0.15) is 31.0 Å². The standard InChI is InChI=1S/C26H25NO4/c1-17(2)31-15-14-27-23(19-9-4-3-5-10-19)22(25(29)26(27)30)24(28)21-13-12-18-8-6-7-11-20(18)16-21/h3-13,16-17,23,28H,14-15H2,1-2H3/b24-22-. The number of carbonyl (C=O) groups is 2. The summed E-state index contributed by atoms with van der Waals surface area (Å²) in [7, 11) is 0. The van der Waals surface area contributed by atoms with Gasteiger partial charge in [0.15, 0.2) is 0 Å². The number of ether oxygens (including phenoxy) is 1. The maximum Gasteiger partial charge on any atom is 0.295 e. The Morgan fingerprint density at radius 3 is 2.35 bits per heavy atom. The van der Waals surface area contributed by atoms with E-state index in [9.17, 15) is 14.7 Å². The summed E-state index contributed by atoms with van der Waals surface area (Å²) >= 11 is 0. The summed E-state index contributed by atoms with van der Waals surface area (Å²) in [6.07, 6.45) is 0.0181. The van der Waals surface area contributed by atoms with E-state index in [-0.39, 0.29) is 24.0 Å². The Bertz CT molecular complexity index is 1150. The predicted octanol–water partition coefficient (Wildman–Crippen LogP) is 4.69. The van der Waals surface area contributed by atoms with E-state index in [1.54, 1.807) is 6.07 Å². The second-order valence-electron chi connectivity index (χ2n) is 7.88. The minimum Gasteiger partial charge on any atom is -0.507 e. The molecule has 1 aliphatic rings. The van der Waals surface area contributed by atoms with Crippen LogP contribution in [0, 0.1) is 0 Å². The van der Waals surface area contributed by atoms with Gasteiger partial charge < -0.3 is 14.7 Å². The summed E-state index contributed by atoms with van der Waals surface area (Å²) < 4.78 is 5.62. The van der Waals surface area contributed by atoms with Crippen LogP contribution in [-0.2, 0) is 14.3 Å². The number of likely N-dealkylation sites (tertiary alicyclic amines) is 1. The maximum atomic E-state index is 13.0. The molecule has 1 unspecified atom stereocenters. The van der Waals surface area contributed by atoms with Gasteiger partial charge >= 0.3 is 0 Å². The highest BCUT2D eigenvalue weighted by Crippen LogP contribution is 2.39. The van der Waals surface area contributed by atoms with Crippen LogP contribution < -0.4 is 0 Å². The molecule has 3 aromatic carbocycles. The highest BCUT2D eigenvalue weighted by Gasteiger charge is 2.45. The number of Topliss-reactive ketones (excluding diaryl/α,β-unsaturated/α-hetero) is 1. The van der Waals surface area contributed by atoms with Crippen LogP contribution in [-0.4, -0.2) is 41.0 Å². The van der Waals surface area contributed by atoms with Crippen LogP contribution in [0.2, 0.25) is 0 Å². The molecule has 5 heteroatoms. The second kappa shape index (κ2) is 8.74. The number of aliphatic hydroxyl groups excluding tert-OH is 1. The highest BCUT2D eigenvalue weighted by atomic mass is 16.5. The van der Waals surface area contributed by atoms with Crippen molar-refractivity contribution in [3.8, 4) is 0 Å². The van der Waals surface area contributed by atoms with Crippen molar-refractivity contribution in [1.29, 1.82) is 0 Å². The van der Waals surface area contributed by atoms with Crippen molar-refractivity contribution in [3.05, 3.63) is 89.5 Å². The molecule has 1 amide bonds. The molecule has 158 valence electrons. The summed E-state index contributed by atoms with van der Waals surface area (Å²) in [5.74, 6) is -1.46. The van der Waals surface area contributed by atoms with E-state index in [0.717, 1.165) is 16.3 Å². The van der Waals surface area contributed by atoms with Crippen molar-refractivity contribution in [2.24, 2.45) is 0 Å². The third kappa shape index (κ3) is 4.09. The third-order valence-corrected chi connectivity index (χ3v) is 5.46. The van der Waals surface area contributed by atoms with E-state index >= 15 is 0 Å². The molecule has 0 bridgehead atoms. The topological polar surface area (TPSA) is 66.8 Å². The first-order chi connectivity index (χ1) is 15.0.